The minimum atomic E-state index is -4.91. The van der Waals surface area contributed by atoms with Crippen LogP contribution in [0.4, 0.5) is 0 Å². The molecule has 0 spiro atoms. The molecule has 0 aliphatic carbocycles. The number of aliphatic imine (C=N–C) groups is 1. The smallest absolute Gasteiger partial charge is 0.472 e. The molecule has 1 rings (SSSR count). The Morgan fingerprint density at radius 3 is 2.18 bits per heavy atom. The summed E-state index contributed by atoms with van der Waals surface area (Å²) < 4.78 is 19.2. The van der Waals surface area contributed by atoms with E-state index in [0.717, 1.165) is 0 Å². The lowest BCUT2D eigenvalue weighted by molar-refractivity contribution is -0.280. The minimum absolute atomic E-state index is 0.0129. The molecule has 28 heavy (non-hydrogen) atoms. The maximum absolute atomic E-state index is 10.5. The Hall–Kier alpha value is -1.39. The number of carbonyl (C=O) groups is 1. The molecule has 1 unspecified atom stereocenters. The molecule has 0 aromatic rings. The van der Waals surface area contributed by atoms with E-state index in [1.165, 1.54) is 0 Å². The summed E-state index contributed by atoms with van der Waals surface area (Å²) in [6.07, 6.45) is -7.30. The molecule has 16 heteroatoms. The Balaban J connectivity index is 0.000000546. The third kappa shape index (κ3) is 10.2. The van der Waals surface area contributed by atoms with Crippen LogP contribution in [0.1, 0.15) is 12.8 Å². The molecule has 13 N–H and O–H groups in total. The molecule has 15 nitrogen and oxygen atoms in total. The quantitative estimate of drug-likeness (QED) is 0.0744. The van der Waals surface area contributed by atoms with Gasteiger partial charge in [0.2, 0.25) is 0 Å². The normalized spacial score (nSPS) is 28.6. The number of hydrogen-bond donors (Lipinski definition) is 10. The van der Waals surface area contributed by atoms with Crippen molar-refractivity contribution in [3.05, 3.63) is 0 Å². The third-order valence-corrected chi connectivity index (χ3v) is 3.86. The molecule has 0 bridgehead atoms. The van der Waals surface area contributed by atoms with Crippen LogP contribution in [-0.4, -0.2) is 97.1 Å². The summed E-state index contributed by atoms with van der Waals surface area (Å²) in [7, 11) is -4.91. The van der Waals surface area contributed by atoms with Crippen LogP contribution in [0.15, 0.2) is 4.99 Å². The Kier molecular flexibility index (Phi) is 11.6. The van der Waals surface area contributed by atoms with Gasteiger partial charge >= 0.3 is 13.8 Å². The van der Waals surface area contributed by atoms with Gasteiger partial charge in [0.05, 0.1) is 6.61 Å². The van der Waals surface area contributed by atoms with E-state index in [1.54, 1.807) is 0 Å². The Bertz CT molecular complexity index is 554. The fourth-order valence-corrected chi connectivity index (χ4v) is 2.38. The van der Waals surface area contributed by atoms with Gasteiger partial charge in [-0.3, -0.25) is 14.3 Å². The summed E-state index contributed by atoms with van der Waals surface area (Å²) in [5.74, 6) is -0.987. The topological polar surface area (TPSA) is 285 Å². The average molecular weight is 434 g/mol. The molecular weight excluding hydrogens is 407 g/mol. The minimum Gasteiger partial charge on any atom is -0.480 e. The summed E-state index contributed by atoms with van der Waals surface area (Å²) >= 11 is 0. The summed E-state index contributed by atoms with van der Waals surface area (Å²) in [6.45, 7) is -0.282. The van der Waals surface area contributed by atoms with Crippen molar-refractivity contribution in [2.45, 2.75) is 49.6 Å². The molecule has 1 heterocycles. The highest BCUT2D eigenvalue weighted by molar-refractivity contribution is 7.46. The van der Waals surface area contributed by atoms with E-state index in [4.69, 9.17) is 37.2 Å². The molecule has 6 atom stereocenters. The van der Waals surface area contributed by atoms with Gasteiger partial charge in [-0.25, -0.2) is 4.57 Å². The lowest BCUT2D eigenvalue weighted by atomic mass is 10.00. The summed E-state index contributed by atoms with van der Waals surface area (Å²) in [5, 5.41) is 45.0. The number of carboxylic acid groups (broad SMARTS) is 1. The van der Waals surface area contributed by atoms with Crippen molar-refractivity contribution in [1.82, 2.24) is 0 Å². The average Bonchev–Trinajstić information content (AvgIpc) is 2.58. The van der Waals surface area contributed by atoms with Gasteiger partial charge in [-0.2, -0.15) is 0 Å². The van der Waals surface area contributed by atoms with Crippen LogP contribution >= 0.6 is 7.82 Å². The van der Waals surface area contributed by atoms with Gasteiger partial charge in [0.15, 0.2) is 12.2 Å². The molecule has 0 aromatic carbocycles. The van der Waals surface area contributed by atoms with Gasteiger partial charge in [-0.1, -0.05) is 0 Å². The van der Waals surface area contributed by atoms with Gasteiger partial charge in [0.25, 0.3) is 0 Å². The van der Waals surface area contributed by atoms with Crippen molar-refractivity contribution in [2.75, 3.05) is 13.2 Å². The zero-order chi connectivity index (χ0) is 22.1. The van der Waals surface area contributed by atoms with Crippen LogP contribution in [0.3, 0.4) is 0 Å². The predicted molar refractivity (Wildman–Crippen MR) is 92.4 cm³/mol. The number of phosphoric acid groups is 1. The number of nitrogens with zero attached hydrogens (tertiary/aromatic N) is 1. The summed E-state index contributed by atoms with van der Waals surface area (Å²) in [5.41, 5.74) is 15.3. The fraction of sp³-hybridized carbons (Fsp3) is 0.833. The van der Waals surface area contributed by atoms with Gasteiger partial charge < -0.3 is 57.3 Å². The molecule has 0 saturated carbocycles. The second kappa shape index (κ2) is 12.2. The molecule has 1 saturated heterocycles. The number of guanidine groups is 1. The predicted octanol–water partition coefficient (Wildman–Crippen LogP) is -4.65. The zero-order valence-electron chi connectivity index (χ0n) is 14.7. The molecule has 1 aliphatic heterocycles. The number of aliphatic hydroxyl groups excluding tert-OH is 4. The first kappa shape index (κ1) is 26.6. The number of aliphatic hydroxyl groups is 4. The second-order valence-electron chi connectivity index (χ2n) is 5.69. The number of carboxylic acids is 1. The van der Waals surface area contributed by atoms with E-state index in [9.17, 15) is 24.7 Å². The number of rotatable bonds is 8. The van der Waals surface area contributed by atoms with Gasteiger partial charge in [-0.05, 0) is 12.8 Å². The van der Waals surface area contributed by atoms with Crippen molar-refractivity contribution in [1.29, 1.82) is 0 Å². The molecule has 0 radical (unpaired) electrons. The Morgan fingerprint density at radius 2 is 1.75 bits per heavy atom. The summed E-state index contributed by atoms with van der Waals surface area (Å²) in [6, 6.07) is -0.820. The first-order chi connectivity index (χ1) is 12.8. The van der Waals surface area contributed by atoms with Crippen LogP contribution in [0.2, 0.25) is 0 Å². The van der Waals surface area contributed by atoms with Crippen LogP contribution in [-0.2, 0) is 18.6 Å². The lowest BCUT2D eigenvalue weighted by Crippen LogP contribution is -2.58. The molecule has 166 valence electrons. The highest BCUT2D eigenvalue weighted by Crippen LogP contribution is 2.40. The maximum Gasteiger partial charge on any atom is 0.472 e. The van der Waals surface area contributed by atoms with E-state index in [-0.39, 0.29) is 5.96 Å². The second-order valence-corrected chi connectivity index (χ2v) is 6.88. The molecular formula is C12H27N4O11P. The van der Waals surface area contributed by atoms with Crippen molar-refractivity contribution >= 4 is 19.8 Å². The molecule has 1 fully saturated rings. The first-order valence-electron chi connectivity index (χ1n) is 7.88. The standard InChI is InChI=1S/C6H14N4O2.C6H13O9P/c7-4(5(11)12)2-1-3-10-6(8)9;7-1-2-3(8)4(9)5(10)6(14-2)15-16(11,12)13/h4H,1-3,7H2,(H,11,12)(H4,8,9,10);2-10H,1H2,(H2,11,12,13)/t;2-,3-,4+,5-,6-/m.1/s1. The van der Waals surface area contributed by atoms with Crippen LogP contribution < -0.4 is 17.2 Å². The van der Waals surface area contributed by atoms with Crippen molar-refractivity contribution in [3.63, 3.8) is 0 Å². The zero-order valence-corrected chi connectivity index (χ0v) is 15.6. The third-order valence-electron chi connectivity index (χ3n) is 3.37. The van der Waals surface area contributed by atoms with E-state index in [0.29, 0.717) is 19.4 Å². The van der Waals surface area contributed by atoms with E-state index in [2.05, 4.69) is 14.3 Å². The highest BCUT2D eigenvalue weighted by atomic mass is 31.2. The SMILES string of the molecule is NC(N)=NCCCC(N)C(=O)O.O=P(O)(O)O[C@H]1O[C@H](CO)[C@@H](O)[C@H](O)[C@H]1O. The van der Waals surface area contributed by atoms with E-state index >= 15 is 0 Å². The highest BCUT2D eigenvalue weighted by Gasteiger charge is 2.46. The van der Waals surface area contributed by atoms with Gasteiger partial charge in [0, 0.05) is 6.54 Å². The van der Waals surface area contributed by atoms with Gasteiger partial charge in [-0.15, -0.1) is 0 Å². The van der Waals surface area contributed by atoms with E-state index in [1.807, 2.05) is 0 Å². The summed E-state index contributed by atoms with van der Waals surface area (Å²) in [4.78, 5) is 30.9. The fourth-order valence-electron chi connectivity index (χ4n) is 1.93. The number of aliphatic carboxylic acids is 1. The van der Waals surface area contributed by atoms with Crippen molar-refractivity contribution in [2.24, 2.45) is 22.2 Å². The first-order valence-corrected chi connectivity index (χ1v) is 9.41. The van der Waals surface area contributed by atoms with Crippen LogP contribution in [0.25, 0.3) is 0 Å². The van der Waals surface area contributed by atoms with Crippen LogP contribution in [0.5, 0.6) is 0 Å². The number of phosphoric ester groups is 1. The largest absolute Gasteiger partial charge is 0.480 e. The van der Waals surface area contributed by atoms with E-state index < -0.39 is 57.1 Å². The molecule has 0 amide bonds. The molecule has 1 aliphatic rings. The van der Waals surface area contributed by atoms with Crippen molar-refractivity contribution in [3.8, 4) is 0 Å². The Morgan fingerprint density at radius 1 is 1.18 bits per heavy atom. The lowest BCUT2D eigenvalue weighted by Gasteiger charge is -2.39. The monoisotopic (exact) mass is 434 g/mol. The number of ether oxygens (including phenoxy) is 1. The number of nitrogens with two attached hydrogens (primary N) is 3. The van der Waals surface area contributed by atoms with Crippen molar-refractivity contribution < 1.29 is 53.9 Å². The number of hydrogen-bond acceptors (Lipinski definition) is 10. The molecule has 0 aromatic heterocycles. The van der Waals surface area contributed by atoms with Gasteiger partial charge in [0.1, 0.15) is 30.5 Å². The van der Waals surface area contributed by atoms with Crippen LogP contribution in [0, 0.1) is 0 Å². The Labute approximate surface area is 159 Å². The maximum atomic E-state index is 10.5.